The Morgan fingerprint density at radius 3 is 2.71 bits per heavy atom. The van der Waals surface area contributed by atoms with Crippen LogP contribution in [0.25, 0.3) is 0 Å². The van der Waals surface area contributed by atoms with Crippen LogP contribution in [0.5, 0.6) is 0 Å². The number of aryl methyl sites for hydroxylation is 1. The van der Waals surface area contributed by atoms with Gasteiger partial charge in [-0.25, -0.2) is 4.79 Å². The second-order valence-electron chi connectivity index (χ2n) is 2.96. The standard InChI is InChI=1S/C10H10N2O2/c1-6-2-7(4-11)9(5-12)8(3-6)10(13)14/h2-3H,5,12H2,1H3,(H,13,14). The third-order valence-electron chi connectivity index (χ3n) is 1.95. The van der Waals surface area contributed by atoms with Gasteiger partial charge in [-0.15, -0.1) is 0 Å². The Morgan fingerprint density at radius 2 is 2.29 bits per heavy atom. The molecule has 14 heavy (non-hydrogen) atoms. The van der Waals surface area contributed by atoms with Gasteiger partial charge in [0.15, 0.2) is 0 Å². The molecular weight excluding hydrogens is 180 g/mol. The van der Waals surface area contributed by atoms with Gasteiger partial charge in [0.2, 0.25) is 0 Å². The molecule has 72 valence electrons. The van der Waals surface area contributed by atoms with E-state index < -0.39 is 5.97 Å². The largest absolute Gasteiger partial charge is 0.478 e. The number of benzene rings is 1. The molecule has 0 atom stereocenters. The molecule has 0 saturated carbocycles. The second kappa shape index (κ2) is 3.90. The van der Waals surface area contributed by atoms with E-state index in [1.165, 1.54) is 6.07 Å². The molecule has 0 bridgehead atoms. The average Bonchev–Trinajstić information content (AvgIpc) is 2.16. The zero-order chi connectivity index (χ0) is 10.7. The highest BCUT2D eigenvalue weighted by molar-refractivity contribution is 5.90. The van der Waals surface area contributed by atoms with Crippen molar-refractivity contribution >= 4 is 5.97 Å². The Kier molecular flexibility index (Phi) is 2.85. The van der Waals surface area contributed by atoms with E-state index >= 15 is 0 Å². The minimum Gasteiger partial charge on any atom is -0.478 e. The summed E-state index contributed by atoms with van der Waals surface area (Å²) >= 11 is 0. The fraction of sp³-hybridized carbons (Fsp3) is 0.200. The summed E-state index contributed by atoms with van der Waals surface area (Å²) in [7, 11) is 0. The lowest BCUT2D eigenvalue weighted by Gasteiger charge is -2.06. The van der Waals surface area contributed by atoms with Gasteiger partial charge in [-0.2, -0.15) is 5.26 Å². The summed E-state index contributed by atoms with van der Waals surface area (Å²) in [6.07, 6.45) is 0. The minimum absolute atomic E-state index is 0.0603. The first-order chi connectivity index (χ1) is 6.60. The van der Waals surface area contributed by atoms with Crippen LogP contribution in [-0.4, -0.2) is 11.1 Å². The van der Waals surface area contributed by atoms with Gasteiger partial charge in [0.05, 0.1) is 17.2 Å². The van der Waals surface area contributed by atoms with Crippen LogP contribution < -0.4 is 5.73 Å². The first-order valence-electron chi connectivity index (χ1n) is 4.07. The number of hydrogen-bond donors (Lipinski definition) is 2. The molecule has 0 aliphatic heterocycles. The van der Waals surface area contributed by atoms with Gasteiger partial charge in [0, 0.05) is 6.54 Å². The molecular formula is C10H10N2O2. The van der Waals surface area contributed by atoms with Gasteiger partial charge in [0.25, 0.3) is 0 Å². The fourth-order valence-electron chi connectivity index (χ4n) is 1.33. The third-order valence-corrected chi connectivity index (χ3v) is 1.95. The van der Waals surface area contributed by atoms with Gasteiger partial charge in [0.1, 0.15) is 0 Å². The summed E-state index contributed by atoms with van der Waals surface area (Å²) in [5.41, 5.74) is 6.99. The van der Waals surface area contributed by atoms with Crippen molar-refractivity contribution in [1.82, 2.24) is 0 Å². The number of hydrogen-bond acceptors (Lipinski definition) is 3. The molecule has 0 amide bonds. The number of nitrogens with two attached hydrogens (primary N) is 1. The zero-order valence-corrected chi connectivity index (χ0v) is 7.74. The zero-order valence-electron chi connectivity index (χ0n) is 7.74. The van der Waals surface area contributed by atoms with Crippen LogP contribution in [0, 0.1) is 18.3 Å². The van der Waals surface area contributed by atoms with Crippen LogP contribution in [-0.2, 0) is 6.54 Å². The fourth-order valence-corrected chi connectivity index (χ4v) is 1.33. The molecule has 0 aliphatic rings. The van der Waals surface area contributed by atoms with Crippen molar-refractivity contribution in [1.29, 1.82) is 5.26 Å². The Bertz CT molecular complexity index is 419. The molecule has 0 spiro atoms. The summed E-state index contributed by atoms with van der Waals surface area (Å²) < 4.78 is 0. The van der Waals surface area contributed by atoms with E-state index in [1.807, 2.05) is 6.07 Å². The molecule has 0 unspecified atom stereocenters. The molecule has 4 heteroatoms. The lowest BCUT2D eigenvalue weighted by molar-refractivity contribution is 0.0695. The number of rotatable bonds is 2. The Hall–Kier alpha value is -1.86. The highest BCUT2D eigenvalue weighted by Crippen LogP contribution is 2.16. The van der Waals surface area contributed by atoms with E-state index in [2.05, 4.69) is 0 Å². The van der Waals surface area contributed by atoms with Crippen molar-refractivity contribution in [2.24, 2.45) is 5.73 Å². The van der Waals surface area contributed by atoms with Gasteiger partial charge >= 0.3 is 5.97 Å². The number of nitriles is 1. The smallest absolute Gasteiger partial charge is 0.336 e. The topological polar surface area (TPSA) is 87.1 Å². The molecule has 0 radical (unpaired) electrons. The molecule has 0 heterocycles. The predicted octanol–water partition coefficient (Wildman–Crippen LogP) is 1.02. The van der Waals surface area contributed by atoms with Crippen molar-refractivity contribution in [3.63, 3.8) is 0 Å². The molecule has 0 fully saturated rings. The molecule has 0 aromatic heterocycles. The van der Waals surface area contributed by atoms with Gasteiger partial charge < -0.3 is 10.8 Å². The monoisotopic (exact) mass is 190 g/mol. The van der Waals surface area contributed by atoms with E-state index in [9.17, 15) is 4.79 Å². The van der Waals surface area contributed by atoms with Crippen molar-refractivity contribution in [3.8, 4) is 6.07 Å². The van der Waals surface area contributed by atoms with Crippen LogP contribution in [0.2, 0.25) is 0 Å². The second-order valence-corrected chi connectivity index (χ2v) is 2.96. The summed E-state index contributed by atoms with van der Waals surface area (Å²) in [5, 5.41) is 17.7. The Balaban J connectivity index is 3.49. The summed E-state index contributed by atoms with van der Waals surface area (Å²) in [6, 6.07) is 5.09. The predicted molar refractivity (Wildman–Crippen MR) is 50.7 cm³/mol. The minimum atomic E-state index is -1.05. The van der Waals surface area contributed by atoms with Crippen LogP contribution in [0.1, 0.15) is 27.0 Å². The van der Waals surface area contributed by atoms with Crippen LogP contribution >= 0.6 is 0 Å². The van der Waals surface area contributed by atoms with E-state index in [-0.39, 0.29) is 12.1 Å². The van der Waals surface area contributed by atoms with E-state index in [4.69, 9.17) is 16.1 Å². The van der Waals surface area contributed by atoms with Crippen molar-refractivity contribution in [3.05, 3.63) is 34.4 Å². The SMILES string of the molecule is Cc1cc(C#N)c(CN)c(C(=O)O)c1. The number of carboxylic acid groups (broad SMARTS) is 1. The number of nitrogens with zero attached hydrogens (tertiary/aromatic N) is 1. The molecule has 1 rings (SSSR count). The van der Waals surface area contributed by atoms with Crippen LogP contribution in [0.4, 0.5) is 0 Å². The number of aromatic carboxylic acids is 1. The summed E-state index contributed by atoms with van der Waals surface area (Å²) in [4.78, 5) is 10.8. The molecule has 1 aromatic carbocycles. The third kappa shape index (κ3) is 1.73. The van der Waals surface area contributed by atoms with Crippen molar-refractivity contribution in [2.75, 3.05) is 0 Å². The molecule has 0 saturated heterocycles. The maximum absolute atomic E-state index is 10.8. The number of carboxylic acids is 1. The normalized spacial score (nSPS) is 9.50. The van der Waals surface area contributed by atoms with E-state index in [0.29, 0.717) is 11.1 Å². The van der Waals surface area contributed by atoms with Crippen molar-refractivity contribution < 1.29 is 9.90 Å². The van der Waals surface area contributed by atoms with E-state index in [0.717, 1.165) is 5.56 Å². The first kappa shape index (κ1) is 10.2. The highest BCUT2D eigenvalue weighted by atomic mass is 16.4. The van der Waals surface area contributed by atoms with Crippen LogP contribution in [0.3, 0.4) is 0 Å². The number of carbonyl (C=O) groups is 1. The molecule has 1 aromatic rings. The quantitative estimate of drug-likeness (QED) is 0.728. The Labute approximate surface area is 81.6 Å². The van der Waals surface area contributed by atoms with Crippen molar-refractivity contribution in [2.45, 2.75) is 13.5 Å². The maximum atomic E-state index is 10.8. The van der Waals surface area contributed by atoms with Gasteiger partial charge in [-0.05, 0) is 30.2 Å². The first-order valence-corrected chi connectivity index (χ1v) is 4.07. The lowest BCUT2D eigenvalue weighted by Crippen LogP contribution is -2.09. The maximum Gasteiger partial charge on any atom is 0.336 e. The summed E-state index contributed by atoms with van der Waals surface area (Å²) in [6.45, 7) is 1.80. The lowest BCUT2D eigenvalue weighted by atomic mass is 9.99. The summed E-state index contributed by atoms with van der Waals surface area (Å²) in [5.74, 6) is -1.05. The molecule has 4 nitrogen and oxygen atoms in total. The average molecular weight is 190 g/mol. The van der Waals surface area contributed by atoms with Gasteiger partial charge in [-0.1, -0.05) is 0 Å². The molecule has 3 N–H and O–H groups in total. The van der Waals surface area contributed by atoms with Gasteiger partial charge in [-0.3, -0.25) is 0 Å². The highest BCUT2D eigenvalue weighted by Gasteiger charge is 2.13. The Morgan fingerprint density at radius 1 is 1.64 bits per heavy atom. The van der Waals surface area contributed by atoms with Crippen LogP contribution in [0.15, 0.2) is 12.1 Å². The van der Waals surface area contributed by atoms with E-state index in [1.54, 1.807) is 13.0 Å². The molecule has 0 aliphatic carbocycles.